The predicted octanol–water partition coefficient (Wildman–Crippen LogP) is 4.16. The van der Waals surface area contributed by atoms with Gasteiger partial charge in [-0.25, -0.2) is 4.90 Å². The molecule has 180 valence electrons. The van der Waals surface area contributed by atoms with Crippen LogP contribution in [0.25, 0.3) is 0 Å². The van der Waals surface area contributed by atoms with E-state index in [4.69, 9.17) is 4.99 Å². The molecule has 0 radical (unpaired) electrons. The highest BCUT2D eigenvalue weighted by molar-refractivity contribution is 5.84. The summed E-state index contributed by atoms with van der Waals surface area (Å²) in [4.78, 5) is 16.6. The van der Waals surface area contributed by atoms with Crippen molar-refractivity contribution < 1.29 is 0 Å². The highest BCUT2D eigenvalue weighted by atomic mass is 15.7. The Hall–Kier alpha value is -1.11. The Morgan fingerprint density at radius 3 is 2.81 bits per heavy atom. The fourth-order valence-corrected chi connectivity index (χ4v) is 7.37. The van der Waals surface area contributed by atoms with Crippen LogP contribution in [0.15, 0.2) is 17.3 Å². The first-order chi connectivity index (χ1) is 15.8. The van der Waals surface area contributed by atoms with E-state index in [0.717, 1.165) is 19.6 Å². The summed E-state index contributed by atoms with van der Waals surface area (Å²) < 4.78 is 0. The van der Waals surface area contributed by atoms with Crippen molar-refractivity contribution in [2.45, 2.75) is 109 Å². The Morgan fingerprint density at radius 2 is 1.94 bits per heavy atom. The van der Waals surface area contributed by atoms with Crippen molar-refractivity contribution in [2.24, 2.45) is 4.99 Å². The fraction of sp³-hybridized carbons (Fsp3) is 0.885. The molecule has 3 fully saturated rings. The van der Waals surface area contributed by atoms with Gasteiger partial charge >= 0.3 is 0 Å². The van der Waals surface area contributed by atoms with Gasteiger partial charge in [0.25, 0.3) is 0 Å². The Balaban J connectivity index is 1.69. The molecular formula is C26H46N6. The average Bonchev–Trinajstić information content (AvgIpc) is 3.01. The second kappa shape index (κ2) is 9.63. The number of allylic oxidation sites excluding steroid dienone is 1. The third-order valence-electron chi connectivity index (χ3n) is 8.66. The molecule has 0 aromatic heterocycles. The average molecular weight is 443 g/mol. The Labute approximate surface area is 196 Å². The maximum Gasteiger partial charge on any atom is 0.167 e. The van der Waals surface area contributed by atoms with Crippen molar-refractivity contribution in [3.63, 3.8) is 0 Å². The van der Waals surface area contributed by atoms with Crippen molar-refractivity contribution in [3.8, 4) is 0 Å². The van der Waals surface area contributed by atoms with Crippen molar-refractivity contribution >= 4 is 5.84 Å². The van der Waals surface area contributed by atoms with Crippen molar-refractivity contribution in [1.29, 1.82) is 0 Å². The van der Waals surface area contributed by atoms with Gasteiger partial charge in [-0.1, -0.05) is 32.8 Å². The van der Waals surface area contributed by atoms with Crippen LogP contribution in [0, 0.1) is 0 Å². The molecule has 5 aliphatic rings. The maximum atomic E-state index is 5.14. The van der Waals surface area contributed by atoms with Crippen LogP contribution in [0.5, 0.6) is 0 Å². The van der Waals surface area contributed by atoms with Crippen LogP contribution >= 0.6 is 0 Å². The summed E-state index contributed by atoms with van der Waals surface area (Å²) in [7, 11) is 0. The maximum absolute atomic E-state index is 5.14. The number of fused-ring (bicyclic) bond motifs is 2. The molecule has 6 nitrogen and oxygen atoms in total. The third kappa shape index (κ3) is 3.43. The van der Waals surface area contributed by atoms with E-state index in [0.29, 0.717) is 6.04 Å². The topological polar surface area (TPSA) is 37.4 Å². The number of amidine groups is 1. The van der Waals surface area contributed by atoms with Gasteiger partial charge in [0, 0.05) is 45.7 Å². The lowest BCUT2D eigenvalue weighted by Crippen LogP contribution is -2.76. The van der Waals surface area contributed by atoms with E-state index >= 15 is 0 Å². The monoisotopic (exact) mass is 442 g/mol. The lowest BCUT2D eigenvalue weighted by atomic mass is 10.00. The highest BCUT2D eigenvalue weighted by Crippen LogP contribution is 2.52. The third-order valence-corrected chi connectivity index (χ3v) is 8.66. The van der Waals surface area contributed by atoms with Crippen LogP contribution in [0.4, 0.5) is 0 Å². The van der Waals surface area contributed by atoms with E-state index < -0.39 is 0 Å². The quantitative estimate of drug-likeness (QED) is 0.668. The summed E-state index contributed by atoms with van der Waals surface area (Å²) in [5, 5.41) is 4.18. The molecule has 6 heteroatoms. The van der Waals surface area contributed by atoms with E-state index in [2.05, 4.69) is 51.0 Å². The van der Waals surface area contributed by atoms with Gasteiger partial charge in [-0.15, -0.1) is 0 Å². The molecule has 0 aromatic rings. The minimum Gasteiger partial charge on any atom is -0.346 e. The Bertz CT molecular complexity index is 706. The van der Waals surface area contributed by atoms with Crippen LogP contribution in [0.1, 0.15) is 90.9 Å². The molecule has 0 aromatic carbocycles. The number of hydrogen-bond acceptors (Lipinski definition) is 6. The molecule has 0 aliphatic carbocycles. The summed E-state index contributed by atoms with van der Waals surface area (Å²) in [6.07, 6.45) is 19.8. The van der Waals surface area contributed by atoms with Gasteiger partial charge in [0.1, 0.15) is 5.84 Å². The zero-order valence-corrected chi connectivity index (χ0v) is 20.7. The van der Waals surface area contributed by atoms with Gasteiger partial charge in [0.05, 0.1) is 6.04 Å². The van der Waals surface area contributed by atoms with Crippen LogP contribution in [-0.4, -0.2) is 82.3 Å². The van der Waals surface area contributed by atoms with Crippen molar-refractivity contribution in [2.75, 3.05) is 39.3 Å². The fourth-order valence-electron chi connectivity index (χ4n) is 7.37. The minimum atomic E-state index is -0.0823. The smallest absolute Gasteiger partial charge is 0.167 e. The van der Waals surface area contributed by atoms with Crippen LogP contribution in [0.3, 0.4) is 0 Å². The summed E-state index contributed by atoms with van der Waals surface area (Å²) in [6, 6.07) is 0.516. The molecule has 32 heavy (non-hydrogen) atoms. The van der Waals surface area contributed by atoms with Crippen molar-refractivity contribution in [3.05, 3.63) is 12.3 Å². The molecule has 3 atom stereocenters. The Morgan fingerprint density at radius 1 is 1.06 bits per heavy atom. The lowest BCUT2D eigenvalue weighted by Gasteiger charge is -2.57. The first-order valence-electron chi connectivity index (χ1n) is 13.8. The number of hydrogen-bond donors (Lipinski definition) is 1. The van der Waals surface area contributed by atoms with Crippen LogP contribution < -0.4 is 5.32 Å². The SMILES string of the molecule is CCCCN1C2CCC=CN3CCCNC23N(CCCC)C12CCCCC1=NCCCN12. The number of nitrogens with zero attached hydrogens (tertiary/aromatic N) is 5. The van der Waals surface area contributed by atoms with E-state index in [-0.39, 0.29) is 11.6 Å². The van der Waals surface area contributed by atoms with Crippen molar-refractivity contribution in [1.82, 2.24) is 24.9 Å². The summed E-state index contributed by atoms with van der Waals surface area (Å²) in [6.45, 7) is 11.6. The van der Waals surface area contributed by atoms with Gasteiger partial charge in [0.2, 0.25) is 0 Å². The number of nitrogens with one attached hydrogen (secondary N) is 1. The van der Waals surface area contributed by atoms with Gasteiger partial charge < -0.3 is 9.80 Å². The molecule has 3 unspecified atom stereocenters. The molecule has 5 heterocycles. The minimum absolute atomic E-state index is 0.0292. The molecule has 3 saturated heterocycles. The number of unbranched alkanes of at least 4 members (excludes halogenated alkanes) is 2. The number of rotatable bonds is 6. The molecule has 5 rings (SSSR count). The Kier molecular flexibility index (Phi) is 6.82. The summed E-state index contributed by atoms with van der Waals surface area (Å²) >= 11 is 0. The van der Waals surface area contributed by atoms with Gasteiger partial charge in [-0.3, -0.25) is 15.2 Å². The van der Waals surface area contributed by atoms with E-state index in [1.54, 1.807) is 0 Å². The standard InChI is InChI=1S/C26H46N6/c1-3-5-20-30-23-13-8-10-18-29-19-12-17-28-26(23,29)32(22-6-4-2)25(30)15-9-7-14-24-27-16-11-21-31(24)25/h10,18,23,28H,3-9,11-17,19-22H2,1-2H3. The van der Waals surface area contributed by atoms with Crippen LogP contribution in [-0.2, 0) is 0 Å². The second-order valence-electron chi connectivity index (χ2n) is 10.5. The van der Waals surface area contributed by atoms with E-state index in [1.165, 1.54) is 103 Å². The largest absolute Gasteiger partial charge is 0.346 e. The first-order valence-corrected chi connectivity index (χ1v) is 13.8. The van der Waals surface area contributed by atoms with Crippen LogP contribution in [0.2, 0.25) is 0 Å². The molecule has 1 N–H and O–H groups in total. The zero-order chi connectivity index (χ0) is 22.0. The highest BCUT2D eigenvalue weighted by Gasteiger charge is 2.69. The predicted molar refractivity (Wildman–Crippen MR) is 132 cm³/mol. The molecule has 0 bridgehead atoms. The lowest BCUT2D eigenvalue weighted by molar-refractivity contribution is -0.151. The summed E-state index contributed by atoms with van der Waals surface area (Å²) in [5.41, 5.74) is 0. The molecular weight excluding hydrogens is 396 g/mol. The van der Waals surface area contributed by atoms with Gasteiger partial charge in [-0.2, -0.15) is 0 Å². The van der Waals surface area contributed by atoms with E-state index in [1.807, 2.05) is 0 Å². The zero-order valence-electron chi connectivity index (χ0n) is 20.7. The number of aliphatic imine (C=N–C) groups is 1. The molecule has 0 amide bonds. The molecule has 0 saturated carbocycles. The first kappa shape index (κ1) is 22.7. The molecule has 2 spiro atoms. The van der Waals surface area contributed by atoms with Gasteiger partial charge in [0.15, 0.2) is 11.6 Å². The van der Waals surface area contributed by atoms with Gasteiger partial charge in [-0.05, 0) is 64.0 Å². The molecule has 5 aliphatic heterocycles. The summed E-state index contributed by atoms with van der Waals surface area (Å²) in [5.74, 6) is 1.29. The second-order valence-corrected chi connectivity index (χ2v) is 10.5. The van der Waals surface area contributed by atoms with E-state index in [9.17, 15) is 0 Å². The normalized spacial score (nSPS) is 35.8.